The van der Waals surface area contributed by atoms with Crippen molar-refractivity contribution in [3.8, 4) is 0 Å². The minimum absolute atomic E-state index is 0.0234. The van der Waals surface area contributed by atoms with Gasteiger partial charge in [-0.3, -0.25) is 14.4 Å². The van der Waals surface area contributed by atoms with Crippen molar-refractivity contribution in [2.24, 2.45) is 23.7 Å². The van der Waals surface area contributed by atoms with Gasteiger partial charge in [-0.05, 0) is 62.4 Å². The second kappa shape index (κ2) is 12.6. The molecule has 3 amide bonds. The minimum atomic E-state index is -1.22. The molecule has 230 valence electrons. The molecule has 2 saturated heterocycles. The van der Waals surface area contributed by atoms with Crippen LogP contribution < -0.4 is 10.6 Å². The normalized spacial score (nSPS) is 33.4. The fourth-order valence-electron chi connectivity index (χ4n) is 7.57. The first-order chi connectivity index (χ1) is 20.1. The molecule has 1 saturated carbocycles. The van der Waals surface area contributed by atoms with Crippen LogP contribution in [0.1, 0.15) is 59.8 Å². The molecule has 3 heterocycles. The van der Waals surface area contributed by atoms with Crippen molar-refractivity contribution in [1.29, 1.82) is 0 Å². The maximum absolute atomic E-state index is 14.3. The van der Waals surface area contributed by atoms with Crippen LogP contribution in [0.25, 0.3) is 0 Å². The maximum Gasteiger partial charge on any atom is 0.246 e. The summed E-state index contributed by atoms with van der Waals surface area (Å²) in [5.41, 5.74) is -0.892. The van der Waals surface area contributed by atoms with Crippen molar-refractivity contribution in [3.63, 3.8) is 0 Å². The number of halogens is 2. The fraction of sp³-hybridized carbons (Fsp3) is 0.656. The van der Waals surface area contributed by atoms with E-state index < -0.39 is 41.3 Å². The standard InChI is InChI=1S/C32H44ClFN4O4/c1-5-14-37(15-6-2)16-17-38-28(30(40)36-24-9-7-8-19(3)20(24)4)32-13-12-25(42-32)26(27(32)31(38)41)29(39)35-21-10-11-23(34)22(33)18-21/h10-13,18-20,24-28H,5-9,14-17H2,1-4H3,(H,35,39)(H,36,40). The summed E-state index contributed by atoms with van der Waals surface area (Å²) in [5.74, 6) is -2.31. The second-order valence-electron chi connectivity index (χ2n) is 12.6. The molecule has 42 heavy (non-hydrogen) atoms. The molecule has 1 aromatic rings. The Hall–Kier alpha value is -2.49. The van der Waals surface area contributed by atoms with Crippen molar-refractivity contribution in [2.75, 3.05) is 31.5 Å². The van der Waals surface area contributed by atoms with Crippen LogP contribution in [-0.4, -0.2) is 77.5 Å². The first kappa shape index (κ1) is 31.0. The van der Waals surface area contributed by atoms with E-state index in [1.807, 2.05) is 6.08 Å². The summed E-state index contributed by atoms with van der Waals surface area (Å²) < 4.78 is 20.2. The third kappa shape index (κ3) is 5.60. The number of nitrogens with zero attached hydrogens (tertiary/aromatic N) is 2. The van der Waals surface area contributed by atoms with Crippen molar-refractivity contribution >= 4 is 35.0 Å². The SMILES string of the molecule is CCCN(CCC)CCN1C(=O)C2C(C(=O)Nc3ccc(F)c(Cl)c3)C3C=CC2(O3)C1C(=O)NC1CCCC(C)C1C. The Kier molecular flexibility index (Phi) is 9.30. The molecule has 8 atom stereocenters. The number of carbonyl (C=O) groups excluding carboxylic acids is 3. The Morgan fingerprint density at radius 2 is 1.88 bits per heavy atom. The highest BCUT2D eigenvalue weighted by atomic mass is 35.5. The summed E-state index contributed by atoms with van der Waals surface area (Å²) in [6.45, 7) is 11.5. The molecule has 1 aromatic carbocycles. The van der Waals surface area contributed by atoms with Crippen LogP contribution >= 0.6 is 11.6 Å². The molecule has 8 nitrogen and oxygen atoms in total. The number of ether oxygens (including phenoxy) is 1. The van der Waals surface area contributed by atoms with E-state index in [-0.39, 0.29) is 22.9 Å². The number of hydrogen-bond acceptors (Lipinski definition) is 5. The molecule has 4 aliphatic rings. The Balaban J connectivity index is 1.43. The Morgan fingerprint density at radius 3 is 2.57 bits per heavy atom. The number of rotatable bonds is 11. The third-order valence-corrected chi connectivity index (χ3v) is 10.2. The predicted molar refractivity (Wildman–Crippen MR) is 160 cm³/mol. The van der Waals surface area contributed by atoms with E-state index in [2.05, 4.69) is 43.2 Å². The Labute approximate surface area is 253 Å². The number of benzene rings is 1. The first-order valence-electron chi connectivity index (χ1n) is 15.6. The molecule has 2 N–H and O–H groups in total. The molecule has 8 unspecified atom stereocenters. The second-order valence-corrected chi connectivity index (χ2v) is 13.0. The number of fused-ring (bicyclic) bond motifs is 1. The lowest BCUT2D eigenvalue weighted by molar-refractivity contribution is -0.141. The van der Waals surface area contributed by atoms with Gasteiger partial charge in [0.2, 0.25) is 17.7 Å². The molecular weight excluding hydrogens is 559 g/mol. The summed E-state index contributed by atoms with van der Waals surface area (Å²) in [4.78, 5) is 46.1. The van der Waals surface area contributed by atoms with Gasteiger partial charge in [0.25, 0.3) is 0 Å². The summed E-state index contributed by atoms with van der Waals surface area (Å²) in [6.07, 6.45) is 8.08. The van der Waals surface area contributed by atoms with E-state index in [9.17, 15) is 18.8 Å². The zero-order valence-corrected chi connectivity index (χ0v) is 25.8. The smallest absolute Gasteiger partial charge is 0.246 e. The number of nitrogens with one attached hydrogen (secondary N) is 2. The Bertz CT molecular complexity index is 1220. The van der Waals surface area contributed by atoms with Crippen LogP contribution in [0.3, 0.4) is 0 Å². The van der Waals surface area contributed by atoms with E-state index in [4.69, 9.17) is 16.3 Å². The van der Waals surface area contributed by atoms with Gasteiger partial charge in [-0.25, -0.2) is 4.39 Å². The van der Waals surface area contributed by atoms with Crippen molar-refractivity contribution in [1.82, 2.24) is 15.1 Å². The summed E-state index contributed by atoms with van der Waals surface area (Å²) in [6, 6.07) is 3.11. The molecular formula is C32H44ClFN4O4. The molecule has 3 fully saturated rings. The number of hydrogen-bond donors (Lipinski definition) is 2. The third-order valence-electron chi connectivity index (χ3n) is 9.88. The lowest BCUT2D eigenvalue weighted by Gasteiger charge is -2.38. The van der Waals surface area contributed by atoms with Crippen LogP contribution in [-0.2, 0) is 19.1 Å². The quantitative estimate of drug-likeness (QED) is 0.361. The van der Waals surface area contributed by atoms with Gasteiger partial charge in [0.1, 0.15) is 17.5 Å². The van der Waals surface area contributed by atoms with Crippen LogP contribution in [0.5, 0.6) is 0 Å². The summed E-state index contributed by atoms with van der Waals surface area (Å²) in [7, 11) is 0. The number of carbonyl (C=O) groups is 3. The van der Waals surface area contributed by atoms with Crippen LogP contribution in [0, 0.1) is 29.5 Å². The van der Waals surface area contributed by atoms with Crippen LogP contribution in [0.4, 0.5) is 10.1 Å². The lowest BCUT2D eigenvalue weighted by atomic mass is 9.73. The van der Waals surface area contributed by atoms with Crippen LogP contribution in [0.2, 0.25) is 5.02 Å². The Morgan fingerprint density at radius 1 is 1.14 bits per heavy atom. The van der Waals surface area contributed by atoms with E-state index in [1.165, 1.54) is 18.2 Å². The number of amides is 3. The monoisotopic (exact) mass is 602 g/mol. The van der Waals surface area contributed by atoms with Gasteiger partial charge in [-0.2, -0.15) is 0 Å². The maximum atomic E-state index is 14.3. The molecule has 10 heteroatoms. The number of likely N-dealkylation sites (tertiary alicyclic amines) is 1. The van der Waals surface area contributed by atoms with E-state index >= 15 is 0 Å². The topological polar surface area (TPSA) is 91.0 Å². The first-order valence-corrected chi connectivity index (χ1v) is 15.9. The molecule has 2 bridgehead atoms. The predicted octanol–water partition coefficient (Wildman–Crippen LogP) is 4.63. The van der Waals surface area contributed by atoms with Gasteiger partial charge in [-0.1, -0.05) is 64.3 Å². The molecule has 5 rings (SSSR count). The zero-order chi connectivity index (χ0) is 30.2. The molecule has 0 aromatic heterocycles. The van der Waals surface area contributed by atoms with Crippen molar-refractivity contribution in [2.45, 2.75) is 83.6 Å². The summed E-state index contributed by atoms with van der Waals surface area (Å²) >= 11 is 5.94. The highest BCUT2D eigenvalue weighted by Gasteiger charge is 2.72. The van der Waals surface area contributed by atoms with Gasteiger partial charge in [-0.15, -0.1) is 0 Å². The molecule has 0 radical (unpaired) electrons. The van der Waals surface area contributed by atoms with Crippen molar-refractivity contribution in [3.05, 3.63) is 41.2 Å². The van der Waals surface area contributed by atoms with Gasteiger partial charge < -0.3 is 25.2 Å². The van der Waals surface area contributed by atoms with E-state index in [0.717, 1.165) is 45.2 Å². The average molecular weight is 603 g/mol. The molecule has 1 aliphatic carbocycles. The summed E-state index contributed by atoms with van der Waals surface area (Å²) in [5, 5.41) is 6.00. The zero-order valence-electron chi connectivity index (χ0n) is 25.1. The average Bonchev–Trinajstić information content (AvgIpc) is 3.59. The van der Waals surface area contributed by atoms with E-state index in [0.29, 0.717) is 30.6 Å². The van der Waals surface area contributed by atoms with Crippen molar-refractivity contribution < 1.29 is 23.5 Å². The van der Waals surface area contributed by atoms with Gasteiger partial charge >= 0.3 is 0 Å². The minimum Gasteiger partial charge on any atom is -0.359 e. The molecule has 3 aliphatic heterocycles. The van der Waals surface area contributed by atoms with E-state index in [1.54, 1.807) is 11.0 Å². The number of anilines is 1. The van der Waals surface area contributed by atoms with Gasteiger partial charge in [0.05, 0.1) is 23.0 Å². The van der Waals surface area contributed by atoms with Crippen LogP contribution in [0.15, 0.2) is 30.4 Å². The fourth-order valence-corrected chi connectivity index (χ4v) is 7.75. The highest BCUT2D eigenvalue weighted by molar-refractivity contribution is 6.31. The molecule has 1 spiro atoms. The lowest BCUT2D eigenvalue weighted by Crippen LogP contribution is -2.58. The van der Waals surface area contributed by atoms with Gasteiger partial charge in [0, 0.05) is 24.8 Å². The van der Waals surface area contributed by atoms with Gasteiger partial charge in [0.15, 0.2) is 0 Å². The highest BCUT2D eigenvalue weighted by Crippen LogP contribution is 2.55. The largest absolute Gasteiger partial charge is 0.359 e.